The van der Waals surface area contributed by atoms with Crippen LogP contribution in [-0.2, 0) is 9.53 Å². The van der Waals surface area contributed by atoms with Gasteiger partial charge in [0.15, 0.2) is 0 Å². The Morgan fingerprint density at radius 2 is 2.45 bits per heavy atom. The van der Waals surface area contributed by atoms with Gasteiger partial charge in [-0.2, -0.15) is 0 Å². The average molecular weight is 154 g/mol. The molecule has 2 heteroatoms. The Bertz CT molecular complexity index is 161. The van der Waals surface area contributed by atoms with Gasteiger partial charge in [0.1, 0.15) is 6.10 Å². The van der Waals surface area contributed by atoms with E-state index in [0.717, 1.165) is 19.3 Å². The van der Waals surface area contributed by atoms with Crippen LogP contribution >= 0.6 is 0 Å². The fraction of sp³-hybridized carbons (Fsp3) is 0.667. The van der Waals surface area contributed by atoms with Crippen LogP contribution in [0.2, 0.25) is 0 Å². The van der Waals surface area contributed by atoms with Crippen molar-refractivity contribution in [2.45, 2.75) is 38.7 Å². The summed E-state index contributed by atoms with van der Waals surface area (Å²) in [6.07, 6.45) is 7.79. The Balaban J connectivity index is 2.18. The number of allylic oxidation sites excluding steroid dienone is 1. The van der Waals surface area contributed by atoms with E-state index in [4.69, 9.17) is 4.74 Å². The highest BCUT2D eigenvalue weighted by atomic mass is 16.5. The minimum Gasteiger partial charge on any atom is -0.462 e. The van der Waals surface area contributed by atoms with E-state index in [2.05, 4.69) is 19.1 Å². The van der Waals surface area contributed by atoms with Gasteiger partial charge in [0.2, 0.25) is 0 Å². The van der Waals surface area contributed by atoms with E-state index in [1.54, 1.807) is 0 Å². The quantitative estimate of drug-likeness (QED) is 0.459. The lowest BCUT2D eigenvalue weighted by Crippen LogP contribution is -2.04. The Morgan fingerprint density at radius 3 is 3.00 bits per heavy atom. The van der Waals surface area contributed by atoms with E-state index in [-0.39, 0.29) is 12.1 Å². The second kappa shape index (κ2) is 4.16. The van der Waals surface area contributed by atoms with Crippen molar-refractivity contribution in [3.8, 4) is 0 Å². The maximum absolute atomic E-state index is 10.6. The number of hydrogen-bond acceptors (Lipinski definition) is 2. The van der Waals surface area contributed by atoms with Crippen LogP contribution in [0.25, 0.3) is 0 Å². The standard InChI is InChI=1S/C9H14O2/c1-2-3-4-5-8-6-7-9(10)11-8/h3-4,8H,2,5-7H2,1H3/b4-3+/t8-/m1/s1. The molecule has 0 radical (unpaired) electrons. The molecule has 0 aliphatic carbocycles. The highest BCUT2D eigenvalue weighted by Crippen LogP contribution is 2.16. The molecule has 62 valence electrons. The second-order valence-electron chi connectivity index (χ2n) is 2.77. The molecule has 1 aliphatic heterocycles. The van der Waals surface area contributed by atoms with Crippen molar-refractivity contribution in [2.75, 3.05) is 0 Å². The van der Waals surface area contributed by atoms with Crippen LogP contribution in [0.5, 0.6) is 0 Å². The summed E-state index contributed by atoms with van der Waals surface area (Å²) in [5, 5.41) is 0. The van der Waals surface area contributed by atoms with Gasteiger partial charge in [-0.1, -0.05) is 19.1 Å². The topological polar surface area (TPSA) is 26.3 Å². The SMILES string of the molecule is CC/C=C/C[C@@H]1CCC(=O)O1. The van der Waals surface area contributed by atoms with E-state index in [9.17, 15) is 4.79 Å². The lowest BCUT2D eigenvalue weighted by atomic mass is 10.2. The Hall–Kier alpha value is -0.790. The van der Waals surface area contributed by atoms with E-state index in [1.807, 2.05) is 0 Å². The lowest BCUT2D eigenvalue weighted by molar-refractivity contribution is -0.141. The van der Waals surface area contributed by atoms with Gasteiger partial charge in [0.05, 0.1) is 0 Å². The molecule has 1 heterocycles. The molecule has 0 unspecified atom stereocenters. The third kappa shape index (κ3) is 2.74. The number of ether oxygens (including phenoxy) is 1. The number of hydrogen-bond donors (Lipinski definition) is 0. The van der Waals surface area contributed by atoms with Crippen molar-refractivity contribution in [1.29, 1.82) is 0 Å². The van der Waals surface area contributed by atoms with Crippen LogP contribution < -0.4 is 0 Å². The molecule has 0 amide bonds. The van der Waals surface area contributed by atoms with E-state index in [0.29, 0.717) is 6.42 Å². The number of cyclic esters (lactones) is 1. The summed E-state index contributed by atoms with van der Waals surface area (Å²) < 4.78 is 5.02. The summed E-state index contributed by atoms with van der Waals surface area (Å²) in [4.78, 5) is 10.6. The molecular weight excluding hydrogens is 140 g/mol. The van der Waals surface area contributed by atoms with Crippen molar-refractivity contribution in [3.05, 3.63) is 12.2 Å². The third-order valence-electron chi connectivity index (χ3n) is 1.77. The molecule has 0 spiro atoms. The van der Waals surface area contributed by atoms with Crippen LogP contribution in [-0.4, -0.2) is 12.1 Å². The maximum Gasteiger partial charge on any atom is 0.306 e. The predicted molar refractivity (Wildman–Crippen MR) is 43.2 cm³/mol. The molecule has 1 saturated heterocycles. The van der Waals surface area contributed by atoms with Crippen molar-refractivity contribution in [3.63, 3.8) is 0 Å². The van der Waals surface area contributed by atoms with Crippen LogP contribution in [0.15, 0.2) is 12.2 Å². The Labute approximate surface area is 67.2 Å². The van der Waals surface area contributed by atoms with Crippen LogP contribution in [0.3, 0.4) is 0 Å². The minimum atomic E-state index is -0.0418. The molecular formula is C9H14O2. The zero-order valence-corrected chi connectivity index (χ0v) is 6.88. The molecule has 1 fully saturated rings. The van der Waals surface area contributed by atoms with Gasteiger partial charge in [-0.25, -0.2) is 0 Å². The van der Waals surface area contributed by atoms with Gasteiger partial charge in [-0.15, -0.1) is 0 Å². The first-order valence-electron chi connectivity index (χ1n) is 4.17. The summed E-state index contributed by atoms with van der Waals surface area (Å²) >= 11 is 0. The van der Waals surface area contributed by atoms with Crippen molar-refractivity contribution >= 4 is 5.97 Å². The highest BCUT2D eigenvalue weighted by molar-refractivity contribution is 5.71. The zero-order chi connectivity index (χ0) is 8.10. The van der Waals surface area contributed by atoms with Crippen LogP contribution in [0.4, 0.5) is 0 Å². The molecule has 1 aliphatic rings. The smallest absolute Gasteiger partial charge is 0.306 e. The van der Waals surface area contributed by atoms with Crippen LogP contribution in [0.1, 0.15) is 32.6 Å². The monoisotopic (exact) mass is 154 g/mol. The number of carbonyl (C=O) groups is 1. The van der Waals surface area contributed by atoms with Gasteiger partial charge in [-0.05, 0) is 12.8 Å². The summed E-state index contributed by atoms with van der Waals surface area (Å²) in [6, 6.07) is 0. The average Bonchev–Trinajstić information content (AvgIpc) is 2.37. The molecule has 0 bridgehead atoms. The first-order chi connectivity index (χ1) is 5.33. The van der Waals surface area contributed by atoms with Gasteiger partial charge >= 0.3 is 5.97 Å². The van der Waals surface area contributed by atoms with Gasteiger partial charge < -0.3 is 4.74 Å². The first-order valence-corrected chi connectivity index (χ1v) is 4.17. The van der Waals surface area contributed by atoms with Gasteiger partial charge in [0.25, 0.3) is 0 Å². The van der Waals surface area contributed by atoms with E-state index < -0.39 is 0 Å². The fourth-order valence-electron chi connectivity index (χ4n) is 1.16. The fourth-order valence-corrected chi connectivity index (χ4v) is 1.16. The third-order valence-corrected chi connectivity index (χ3v) is 1.77. The molecule has 0 aromatic heterocycles. The molecule has 0 aromatic carbocycles. The minimum absolute atomic E-state index is 0.0418. The Kier molecular flexibility index (Phi) is 3.14. The molecule has 0 aromatic rings. The Morgan fingerprint density at radius 1 is 1.64 bits per heavy atom. The number of rotatable bonds is 3. The lowest BCUT2D eigenvalue weighted by Gasteiger charge is -2.03. The van der Waals surface area contributed by atoms with Crippen molar-refractivity contribution < 1.29 is 9.53 Å². The predicted octanol–water partition coefficient (Wildman–Crippen LogP) is 2.05. The second-order valence-corrected chi connectivity index (χ2v) is 2.77. The summed E-state index contributed by atoms with van der Waals surface area (Å²) in [5.74, 6) is -0.0418. The van der Waals surface area contributed by atoms with E-state index >= 15 is 0 Å². The summed E-state index contributed by atoms with van der Waals surface area (Å²) in [6.45, 7) is 2.09. The maximum atomic E-state index is 10.6. The van der Waals surface area contributed by atoms with Crippen molar-refractivity contribution in [2.24, 2.45) is 0 Å². The zero-order valence-electron chi connectivity index (χ0n) is 6.88. The van der Waals surface area contributed by atoms with Gasteiger partial charge in [0, 0.05) is 12.8 Å². The summed E-state index contributed by atoms with van der Waals surface area (Å²) in [7, 11) is 0. The number of esters is 1. The normalized spacial score (nSPS) is 24.5. The highest BCUT2D eigenvalue weighted by Gasteiger charge is 2.21. The van der Waals surface area contributed by atoms with Gasteiger partial charge in [-0.3, -0.25) is 4.79 Å². The molecule has 0 N–H and O–H groups in total. The largest absolute Gasteiger partial charge is 0.462 e. The number of carbonyl (C=O) groups excluding carboxylic acids is 1. The molecule has 11 heavy (non-hydrogen) atoms. The van der Waals surface area contributed by atoms with Crippen molar-refractivity contribution in [1.82, 2.24) is 0 Å². The molecule has 2 nitrogen and oxygen atoms in total. The van der Waals surface area contributed by atoms with E-state index in [1.165, 1.54) is 0 Å². The molecule has 1 rings (SSSR count). The molecule has 1 atom stereocenters. The molecule has 0 saturated carbocycles. The first kappa shape index (κ1) is 8.31. The van der Waals surface area contributed by atoms with Crippen LogP contribution in [0, 0.1) is 0 Å². The summed E-state index contributed by atoms with van der Waals surface area (Å²) in [5.41, 5.74) is 0.